The Morgan fingerprint density at radius 2 is 1.97 bits per heavy atom. The number of aromatic nitrogens is 1. The third-order valence-corrected chi connectivity index (χ3v) is 5.03. The summed E-state index contributed by atoms with van der Waals surface area (Å²) in [6, 6.07) is 16.9. The number of hydrogen-bond donors (Lipinski definition) is 1. The molecular weight excluding hydrogens is 402 g/mol. The van der Waals surface area contributed by atoms with Crippen LogP contribution < -0.4 is 10.1 Å². The van der Waals surface area contributed by atoms with Gasteiger partial charge in [0.1, 0.15) is 17.4 Å². The molecule has 0 unspecified atom stereocenters. The monoisotopic (exact) mass is 421 g/mol. The maximum atomic E-state index is 12.6. The number of carbonyl (C=O) groups excluding carboxylic acids is 1. The highest BCUT2D eigenvalue weighted by Crippen LogP contribution is 2.27. The fraction of sp³-hybridized carbons (Fsp3) is 0.136. The number of amides is 1. The van der Waals surface area contributed by atoms with Gasteiger partial charge in [0.05, 0.1) is 5.75 Å². The van der Waals surface area contributed by atoms with Crippen LogP contribution >= 0.6 is 0 Å². The molecule has 3 aromatic rings. The van der Waals surface area contributed by atoms with Crippen molar-refractivity contribution >= 4 is 21.4 Å². The second-order valence-corrected chi connectivity index (χ2v) is 8.91. The third-order valence-electron chi connectivity index (χ3n) is 4.17. The number of carbonyl (C=O) groups is 1. The summed E-state index contributed by atoms with van der Waals surface area (Å²) in [6.07, 6.45) is 2.69. The summed E-state index contributed by atoms with van der Waals surface area (Å²) in [5, 5.41) is 12.0. The Morgan fingerprint density at radius 1 is 1.17 bits per heavy atom. The number of pyridine rings is 1. The zero-order valence-corrected chi connectivity index (χ0v) is 17.2. The van der Waals surface area contributed by atoms with E-state index in [1.807, 2.05) is 13.0 Å². The summed E-state index contributed by atoms with van der Waals surface area (Å²) in [7, 11) is -3.19. The Kier molecular flexibility index (Phi) is 6.14. The lowest BCUT2D eigenvalue weighted by molar-refractivity contribution is 0.102. The van der Waals surface area contributed by atoms with E-state index in [0.717, 1.165) is 11.8 Å². The standard InChI is InChI=1S/C22H19N3O4S/c1-15-11-19(29-22-18(13-23)7-4-10-24-22)8-9-20(15)25-21(26)17-6-3-5-16(12-17)14-30(2,27)28/h3-12H,14H2,1-2H3,(H,25,26). The van der Waals surface area contributed by atoms with Gasteiger partial charge in [-0.3, -0.25) is 4.79 Å². The number of benzene rings is 2. The smallest absolute Gasteiger partial charge is 0.255 e. The van der Waals surface area contributed by atoms with Crippen LogP contribution in [0.4, 0.5) is 5.69 Å². The van der Waals surface area contributed by atoms with Gasteiger partial charge < -0.3 is 10.1 Å². The minimum absolute atomic E-state index is 0.128. The molecule has 1 aromatic heterocycles. The van der Waals surface area contributed by atoms with Gasteiger partial charge in [0.2, 0.25) is 5.88 Å². The Labute approximate surface area is 174 Å². The number of sulfone groups is 1. The van der Waals surface area contributed by atoms with E-state index in [1.165, 1.54) is 6.20 Å². The lowest BCUT2D eigenvalue weighted by atomic mass is 10.1. The van der Waals surface area contributed by atoms with Crippen molar-refractivity contribution in [1.82, 2.24) is 4.98 Å². The number of aryl methyl sites for hydroxylation is 1. The van der Waals surface area contributed by atoms with Crippen LogP contribution in [0, 0.1) is 18.3 Å². The topological polar surface area (TPSA) is 109 Å². The first-order valence-electron chi connectivity index (χ1n) is 8.97. The molecule has 1 heterocycles. The quantitative estimate of drug-likeness (QED) is 0.647. The highest BCUT2D eigenvalue weighted by Gasteiger charge is 2.12. The van der Waals surface area contributed by atoms with Crippen molar-refractivity contribution in [3.05, 3.63) is 83.0 Å². The van der Waals surface area contributed by atoms with Gasteiger partial charge >= 0.3 is 0 Å². The molecule has 152 valence electrons. The van der Waals surface area contributed by atoms with Crippen LogP contribution in [0.2, 0.25) is 0 Å². The van der Waals surface area contributed by atoms with Crippen molar-refractivity contribution in [1.29, 1.82) is 5.26 Å². The van der Waals surface area contributed by atoms with Crippen LogP contribution in [0.25, 0.3) is 0 Å². The predicted octanol–water partition coefficient (Wildman–Crippen LogP) is 3.85. The van der Waals surface area contributed by atoms with Crippen molar-refractivity contribution in [2.75, 3.05) is 11.6 Å². The van der Waals surface area contributed by atoms with E-state index in [4.69, 9.17) is 10.00 Å². The Morgan fingerprint density at radius 3 is 2.67 bits per heavy atom. The Balaban J connectivity index is 1.75. The SMILES string of the molecule is Cc1cc(Oc2ncccc2C#N)ccc1NC(=O)c1cccc(CS(C)(=O)=O)c1. The van der Waals surface area contributed by atoms with Gasteiger partial charge in [-0.25, -0.2) is 13.4 Å². The Hall–Kier alpha value is -3.70. The Bertz CT molecular complexity index is 1250. The van der Waals surface area contributed by atoms with Gasteiger partial charge in [-0.15, -0.1) is 0 Å². The van der Waals surface area contributed by atoms with Gasteiger partial charge in [-0.05, 0) is 60.5 Å². The van der Waals surface area contributed by atoms with E-state index in [-0.39, 0.29) is 17.5 Å². The minimum Gasteiger partial charge on any atom is -0.438 e. The number of hydrogen-bond acceptors (Lipinski definition) is 6. The van der Waals surface area contributed by atoms with Gasteiger partial charge in [-0.1, -0.05) is 12.1 Å². The van der Waals surface area contributed by atoms with E-state index in [0.29, 0.717) is 28.1 Å². The lowest BCUT2D eigenvalue weighted by Gasteiger charge is -2.12. The largest absolute Gasteiger partial charge is 0.438 e. The fourth-order valence-corrected chi connectivity index (χ4v) is 3.59. The highest BCUT2D eigenvalue weighted by atomic mass is 32.2. The molecule has 0 radical (unpaired) electrons. The van der Waals surface area contributed by atoms with E-state index < -0.39 is 9.84 Å². The molecule has 0 bridgehead atoms. The molecule has 1 amide bonds. The fourth-order valence-electron chi connectivity index (χ4n) is 2.81. The summed E-state index contributed by atoms with van der Waals surface area (Å²) in [5.41, 5.74) is 2.57. The minimum atomic E-state index is -3.19. The van der Waals surface area contributed by atoms with Crippen molar-refractivity contribution in [2.24, 2.45) is 0 Å². The summed E-state index contributed by atoms with van der Waals surface area (Å²) >= 11 is 0. The maximum absolute atomic E-state index is 12.6. The van der Waals surface area contributed by atoms with E-state index in [1.54, 1.807) is 54.6 Å². The van der Waals surface area contributed by atoms with Crippen molar-refractivity contribution in [2.45, 2.75) is 12.7 Å². The molecule has 0 aliphatic heterocycles. The highest BCUT2D eigenvalue weighted by molar-refractivity contribution is 7.89. The van der Waals surface area contributed by atoms with Crippen molar-refractivity contribution in [3.8, 4) is 17.7 Å². The molecule has 0 aliphatic rings. The third kappa shape index (κ3) is 5.43. The molecule has 0 fully saturated rings. The molecule has 2 aromatic carbocycles. The summed E-state index contributed by atoms with van der Waals surface area (Å²) in [6.45, 7) is 1.81. The first-order chi connectivity index (χ1) is 14.2. The molecule has 0 saturated heterocycles. The molecule has 0 aliphatic carbocycles. The van der Waals surface area contributed by atoms with Crippen LogP contribution in [0.3, 0.4) is 0 Å². The van der Waals surface area contributed by atoms with Gasteiger partial charge in [-0.2, -0.15) is 5.26 Å². The first kappa shape index (κ1) is 21.0. The second-order valence-electron chi connectivity index (χ2n) is 6.77. The number of nitrogens with zero attached hydrogens (tertiary/aromatic N) is 2. The number of rotatable bonds is 6. The van der Waals surface area contributed by atoms with E-state index >= 15 is 0 Å². The lowest BCUT2D eigenvalue weighted by Crippen LogP contribution is -2.13. The van der Waals surface area contributed by atoms with E-state index in [2.05, 4.69) is 10.3 Å². The van der Waals surface area contributed by atoms with E-state index in [9.17, 15) is 13.2 Å². The summed E-state index contributed by atoms with van der Waals surface area (Å²) in [5.74, 6) is 0.213. The number of nitriles is 1. The second kappa shape index (κ2) is 8.76. The van der Waals surface area contributed by atoms with Gasteiger partial charge in [0, 0.05) is 23.7 Å². The molecule has 0 spiro atoms. The summed E-state index contributed by atoms with van der Waals surface area (Å²) in [4.78, 5) is 16.7. The average molecular weight is 421 g/mol. The van der Waals surface area contributed by atoms with Crippen LogP contribution in [0.1, 0.15) is 27.0 Å². The van der Waals surface area contributed by atoms with Crippen LogP contribution in [-0.4, -0.2) is 25.6 Å². The molecule has 0 saturated carbocycles. The normalized spacial score (nSPS) is 10.8. The summed E-state index contributed by atoms with van der Waals surface area (Å²) < 4.78 is 28.7. The zero-order chi connectivity index (χ0) is 21.7. The zero-order valence-electron chi connectivity index (χ0n) is 16.4. The number of ether oxygens (including phenoxy) is 1. The molecular formula is C22H19N3O4S. The molecule has 8 heteroatoms. The molecule has 30 heavy (non-hydrogen) atoms. The molecule has 3 rings (SSSR count). The van der Waals surface area contributed by atoms with Gasteiger partial charge in [0.25, 0.3) is 5.91 Å². The maximum Gasteiger partial charge on any atom is 0.255 e. The average Bonchev–Trinajstić information content (AvgIpc) is 2.69. The van der Waals surface area contributed by atoms with Crippen molar-refractivity contribution in [3.63, 3.8) is 0 Å². The number of anilines is 1. The van der Waals surface area contributed by atoms with Crippen LogP contribution in [0.15, 0.2) is 60.8 Å². The molecule has 0 atom stereocenters. The first-order valence-corrected chi connectivity index (χ1v) is 11.0. The van der Waals surface area contributed by atoms with Crippen molar-refractivity contribution < 1.29 is 17.9 Å². The molecule has 7 nitrogen and oxygen atoms in total. The van der Waals surface area contributed by atoms with Gasteiger partial charge in [0.15, 0.2) is 9.84 Å². The van der Waals surface area contributed by atoms with Crippen LogP contribution in [-0.2, 0) is 15.6 Å². The number of nitrogens with one attached hydrogen (secondary N) is 1. The molecule has 1 N–H and O–H groups in total. The van der Waals surface area contributed by atoms with Crippen LogP contribution in [0.5, 0.6) is 11.6 Å². The predicted molar refractivity (Wildman–Crippen MR) is 113 cm³/mol.